The minimum absolute atomic E-state index is 0.00221. The van der Waals surface area contributed by atoms with Crippen LogP contribution < -0.4 is 0 Å². The van der Waals surface area contributed by atoms with Gasteiger partial charge in [-0.25, -0.2) is 4.98 Å². The molecular formula is C19H21ClN4O2S. The molecule has 0 N–H and O–H groups in total. The van der Waals surface area contributed by atoms with Gasteiger partial charge >= 0.3 is 0 Å². The van der Waals surface area contributed by atoms with Crippen molar-refractivity contribution in [3.8, 4) is 11.3 Å². The number of likely N-dealkylation sites (N-methyl/N-ethyl adjacent to an activating group) is 1. The van der Waals surface area contributed by atoms with E-state index in [2.05, 4.69) is 9.88 Å². The monoisotopic (exact) mass is 404 g/mol. The molecule has 8 heteroatoms. The summed E-state index contributed by atoms with van der Waals surface area (Å²) in [7, 11) is 1.85. The SMILES string of the molecule is CN(CCN1CCOCC1)C(=O)c1csc2nc(-c3ccccc3Cl)cn12. The number of amides is 1. The van der Waals surface area contributed by atoms with Gasteiger partial charge in [0.1, 0.15) is 5.69 Å². The maximum absolute atomic E-state index is 12.9. The lowest BCUT2D eigenvalue weighted by Crippen LogP contribution is -2.42. The largest absolute Gasteiger partial charge is 0.379 e. The van der Waals surface area contributed by atoms with E-state index in [1.54, 1.807) is 4.90 Å². The number of nitrogens with zero attached hydrogens (tertiary/aromatic N) is 4. The van der Waals surface area contributed by atoms with Crippen molar-refractivity contribution in [2.75, 3.05) is 46.4 Å². The Kier molecular flexibility index (Phi) is 5.45. The molecule has 0 aliphatic carbocycles. The Morgan fingerprint density at radius 3 is 2.89 bits per heavy atom. The molecule has 0 spiro atoms. The fraction of sp³-hybridized carbons (Fsp3) is 0.368. The van der Waals surface area contributed by atoms with Crippen LogP contribution in [0.4, 0.5) is 0 Å². The van der Waals surface area contributed by atoms with Crippen LogP contribution in [0.2, 0.25) is 5.02 Å². The van der Waals surface area contributed by atoms with Gasteiger partial charge in [-0.3, -0.25) is 14.1 Å². The Morgan fingerprint density at radius 2 is 2.11 bits per heavy atom. The van der Waals surface area contributed by atoms with Crippen LogP contribution in [0.3, 0.4) is 0 Å². The fourth-order valence-corrected chi connectivity index (χ4v) is 4.23. The van der Waals surface area contributed by atoms with Crippen molar-refractivity contribution in [1.82, 2.24) is 19.2 Å². The molecule has 1 aromatic carbocycles. The third-order valence-corrected chi connectivity index (χ3v) is 5.95. The molecule has 1 amide bonds. The summed E-state index contributed by atoms with van der Waals surface area (Å²) < 4.78 is 7.23. The first-order chi connectivity index (χ1) is 13.1. The number of hydrogen-bond acceptors (Lipinski definition) is 5. The number of fused-ring (bicyclic) bond motifs is 1. The lowest BCUT2D eigenvalue weighted by molar-refractivity contribution is 0.0337. The first-order valence-corrected chi connectivity index (χ1v) is 10.2. The molecular weight excluding hydrogens is 384 g/mol. The van der Waals surface area contributed by atoms with Gasteiger partial charge in [-0.1, -0.05) is 29.8 Å². The van der Waals surface area contributed by atoms with E-state index >= 15 is 0 Å². The maximum atomic E-state index is 12.9. The molecule has 142 valence electrons. The van der Waals surface area contributed by atoms with E-state index in [0.29, 0.717) is 17.3 Å². The third kappa shape index (κ3) is 3.87. The number of thiazole rings is 1. The summed E-state index contributed by atoms with van der Waals surface area (Å²) in [6.07, 6.45) is 1.89. The highest BCUT2D eigenvalue weighted by Crippen LogP contribution is 2.29. The zero-order chi connectivity index (χ0) is 18.8. The molecule has 1 aliphatic heterocycles. The zero-order valence-electron chi connectivity index (χ0n) is 15.1. The first-order valence-electron chi connectivity index (χ1n) is 8.90. The van der Waals surface area contributed by atoms with Crippen molar-refractivity contribution in [2.24, 2.45) is 0 Å². The van der Waals surface area contributed by atoms with Gasteiger partial charge in [0, 0.05) is 50.4 Å². The average Bonchev–Trinajstić information content (AvgIpc) is 3.27. The summed E-state index contributed by atoms with van der Waals surface area (Å²) in [4.78, 5) is 22.4. The molecule has 0 bridgehead atoms. The van der Waals surface area contributed by atoms with Crippen molar-refractivity contribution in [2.45, 2.75) is 0 Å². The van der Waals surface area contributed by atoms with Gasteiger partial charge in [0.2, 0.25) is 0 Å². The van der Waals surface area contributed by atoms with Gasteiger partial charge in [-0.15, -0.1) is 11.3 Å². The number of carbonyl (C=O) groups excluding carboxylic acids is 1. The topological polar surface area (TPSA) is 50.1 Å². The number of carbonyl (C=O) groups is 1. The van der Waals surface area contributed by atoms with Crippen molar-refractivity contribution in [1.29, 1.82) is 0 Å². The zero-order valence-corrected chi connectivity index (χ0v) is 16.7. The number of aromatic nitrogens is 2. The Balaban J connectivity index is 1.51. The molecule has 4 rings (SSSR count). The molecule has 1 fully saturated rings. The Bertz CT molecular complexity index is 948. The normalized spacial score (nSPS) is 15.3. The van der Waals surface area contributed by atoms with Crippen LogP contribution in [-0.4, -0.2) is 71.5 Å². The second-order valence-electron chi connectivity index (χ2n) is 6.56. The van der Waals surface area contributed by atoms with Crippen molar-refractivity contribution < 1.29 is 9.53 Å². The molecule has 1 saturated heterocycles. The molecule has 0 atom stereocenters. The molecule has 0 saturated carbocycles. The van der Waals surface area contributed by atoms with Crippen LogP contribution in [0.15, 0.2) is 35.8 Å². The lowest BCUT2D eigenvalue weighted by atomic mass is 10.2. The lowest BCUT2D eigenvalue weighted by Gasteiger charge is -2.28. The molecule has 3 aromatic rings. The Labute approximate surface area is 166 Å². The van der Waals surface area contributed by atoms with E-state index in [1.807, 2.05) is 47.3 Å². The molecule has 2 aromatic heterocycles. The molecule has 27 heavy (non-hydrogen) atoms. The molecule has 3 heterocycles. The number of ether oxygens (including phenoxy) is 1. The number of halogens is 1. The highest BCUT2D eigenvalue weighted by atomic mass is 35.5. The molecule has 0 radical (unpaired) electrons. The minimum atomic E-state index is -0.00221. The van der Waals surface area contributed by atoms with E-state index in [9.17, 15) is 4.79 Å². The summed E-state index contributed by atoms with van der Waals surface area (Å²) in [5, 5.41) is 2.52. The molecule has 0 unspecified atom stereocenters. The number of imidazole rings is 1. The Hall–Kier alpha value is -1.93. The highest BCUT2D eigenvalue weighted by Gasteiger charge is 2.20. The van der Waals surface area contributed by atoms with E-state index < -0.39 is 0 Å². The van der Waals surface area contributed by atoms with Gasteiger partial charge < -0.3 is 9.64 Å². The van der Waals surface area contributed by atoms with E-state index in [4.69, 9.17) is 16.3 Å². The predicted molar refractivity (Wildman–Crippen MR) is 108 cm³/mol. The summed E-state index contributed by atoms with van der Waals surface area (Å²) >= 11 is 7.75. The van der Waals surface area contributed by atoms with Gasteiger partial charge in [-0.05, 0) is 6.07 Å². The third-order valence-electron chi connectivity index (χ3n) is 4.78. The van der Waals surface area contributed by atoms with Crippen molar-refractivity contribution in [3.05, 3.63) is 46.6 Å². The van der Waals surface area contributed by atoms with E-state index in [-0.39, 0.29) is 5.91 Å². The minimum Gasteiger partial charge on any atom is -0.379 e. The number of rotatable bonds is 5. The smallest absolute Gasteiger partial charge is 0.271 e. The van der Waals surface area contributed by atoms with Crippen molar-refractivity contribution >= 4 is 33.8 Å². The van der Waals surface area contributed by atoms with Crippen LogP contribution >= 0.6 is 22.9 Å². The summed E-state index contributed by atoms with van der Waals surface area (Å²) in [5.41, 5.74) is 2.27. The van der Waals surface area contributed by atoms with Crippen LogP contribution in [0.1, 0.15) is 10.5 Å². The van der Waals surface area contributed by atoms with Gasteiger partial charge in [0.25, 0.3) is 5.91 Å². The first kappa shape index (κ1) is 18.4. The number of morpholine rings is 1. The van der Waals surface area contributed by atoms with Gasteiger partial charge in [0.05, 0.1) is 23.9 Å². The summed E-state index contributed by atoms with van der Waals surface area (Å²) in [6.45, 7) is 4.92. The van der Waals surface area contributed by atoms with E-state index in [1.165, 1.54) is 11.3 Å². The highest BCUT2D eigenvalue weighted by molar-refractivity contribution is 7.15. The quantitative estimate of drug-likeness (QED) is 0.655. The fourth-order valence-electron chi connectivity index (χ4n) is 3.15. The second-order valence-corrected chi connectivity index (χ2v) is 7.80. The number of hydrogen-bond donors (Lipinski definition) is 0. The van der Waals surface area contributed by atoms with E-state index in [0.717, 1.165) is 49.1 Å². The van der Waals surface area contributed by atoms with Crippen LogP contribution in [0.5, 0.6) is 0 Å². The van der Waals surface area contributed by atoms with Crippen LogP contribution in [-0.2, 0) is 4.74 Å². The van der Waals surface area contributed by atoms with Crippen LogP contribution in [0.25, 0.3) is 16.2 Å². The van der Waals surface area contributed by atoms with Gasteiger partial charge in [0.15, 0.2) is 4.96 Å². The maximum Gasteiger partial charge on any atom is 0.271 e. The van der Waals surface area contributed by atoms with Gasteiger partial charge in [-0.2, -0.15) is 0 Å². The number of benzene rings is 1. The van der Waals surface area contributed by atoms with Crippen LogP contribution in [0, 0.1) is 0 Å². The molecule has 6 nitrogen and oxygen atoms in total. The average molecular weight is 405 g/mol. The second kappa shape index (κ2) is 7.98. The summed E-state index contributed by atoms with van der Waals surface area (Å²) in [5.74, 6) is -0.00221. The predicted octanol–water partition coefficient (Wildman–Crippen LogP) is 3.12. The summed E-state index contributed by atoms with van der Waals surface area (Å²) in [6, 6.07) is 7.60. The van der Waals surface area contributed by atoms with Crippen molar-refractivity contribution in [3.63, 3.8) is 0 Å². The Morgan fingerprint density at radius 1 is 1.33 bits per heavy atom. The standard InChI is InChI=1S/C19H21ClN4O2S/c1-22(6-7-23-8-10-26-11-9-23)18(25)17-13-27-19-21-16(12-24(17)19)14-4-2-3-5-15(14)20/h2-5,12-13H,6-11H2,1H3. The molecule has 1 aliphatic rings.